The highest BCUT2D eigenvalue weighted by molar-refractivity contribution is 6.41. The van der Waals surface area contributed by atoms with Crippen LogP contribution in [0.4, 0.5) is 0 Å². The third-order valence-corrected chi connectivity index (χ3v) is 3.62. The standard InChI is InChI=1S/C12H7Cl2NO6/c1-2-21-4(16)3-15-11(19)5-6(12(15)20)10(18)8(14)7(13)9(5)17/h2-3H2,1H3. The highest BCUT2D eigenvalue weighted by Gasteiger charge is 2.21. The molecule has 0 atom stereocenters. The maximum absolute atomic E-state index is 12.0. The van der Waals surface area contributed by atoms with Gasteiger partial charge in [-0.3, -0.25) is 28.5 Å². The Morgan fingerprint density at radius 3 is 1.81 bits per heavy atom. The number of nitrogens with zero attached hydrogens (tertiary/aromatic N) is 1. The van der Waals surface area contributed by atoms with E-state index in [4.69, 9.17) is 23.2 Å². The van der Waals surface area contributed by atoms with E-state index in [0.717, 1.165) is 0 Å². The number of ether oxygens (including phenoxy) is 1. The molecule has 1 aliphatic carbocycles. The minimum absolute atomic E-state index is 0.0548. The Kier molecular flexibility index (Phi) is 3.97. The molecular formula is C12H7Cl2NO6. The number of halogens is 2. The summed E-state index contributed by atoms with van der Waals surface area (Å²) in [5.74, 6) is -0.843. The van der Waals surface area contributed by atoms with Gasteiger partial charge in [0, 0.05) is 0 Å². The molecule has 2 rings (SSSR count). The summed E-state index contributed by atoms with van der Waals surface area (Å²) in [5, 5.41) is -2.58. The Hall–Kier alpha value is -1.99. The molecule has 0 aromatic carbocycles. The van der Waals surface area contributed by atoms with E-state index < -0.39 is 55.0 Å². The predicted octanol–water partition coefficient (Wildman–Crippen LogP) is -0.601. The van der Waals surface area contributed by atoms with Crippen LogP contribution >= 0.6 is 23.2 Å². The monoisotopic (exact) mass is 331 g/mol. The van der Waals surface area contributed by atoms with Crippen molar-refractivity contribution in [3.05, 3.63) is 61.6 Å². The van der Waals surface area contributed by atoms with Gasteiger partial charge in [-0.05, 0) is 6.92 Å². The Morgan fingerprint density at radius 2 is 1.43 bits per heavy atom. The van der Waals surface area contributed by atoms with E-state index in [0.29, 0.717) is 4.57 Å². The van der Waals surface area contributed by atoms with Gasteiger partial charge in [0.15, 0.2) is 0 Å². The normalized spacial score (nSPS) is 11.0. The first kappa shape index (κ1) is 15.4. The maximum Gasteiger partial charge on any atom is 0.326 e. The fraction of sp³-hybridized carbons (Fsp3) is 0.250. The topological polar surface area (TPSA) is 99.5 Å². The van der Waals surface area contributed by atoms with Crippen LogP contribution in [0.1, 0.15) is 6.92 Å². The van der Waals surface area contributed by atoms with E-state index >= 15 is 0 Å². The molecule has 0 radical (unpaired) electrons. The molecule has 0 spiro atoms. The summed E-state index contributed by atoms with van der Waals surface area (Å²) in [4.78, 5) is 59.2. The Morgan fingerprint density at radius 1 is 1.00 bits per heavy atom. The molecule has 1 heterocycles. The van der Waals surface area contributed by atoms with Crippen molar-refractivity contribution in [2.75, 3.05) is 6.61 Å². The summed E-state index contributed by atoms with van der Waals surface area (Å²) in [5.41, 5.74) is -4.16. The number of esters is 1. The van der Waals surface area contributed by atoms with E-state index in [1.165, 1.54) is 0 Å². The SMILES string of the molecule is CCOC(=O)Cn1c(=O)c2c(=O)c(Cl)c(Cl)c(=O)c=2c1=O. The van der Waals surface area contributed by atoms with Crippen LogP contribution in [-0.4, -0.2) is 17.1 Å². The molecule has 0 saturated carbocycles. The molecule has 7 nitrogen and oxygen atoms in total. The summed E-state index contributed by atoms with van der Waals surface area (Å²) in [7, 11) is 0. The first-order valence-corrected chi connectivity index (χ1v) is 6.47. The van der Waals surface area contributed by atoms with Crippen molar-refractivity contribution < 1.29 is 9.53 Å². The van der Waals surface area contributed by atoms with Crippen molar-refractivity contribution in [2.45, 2.75) is 13.5 Å². The average molecular weight is 332 g/mol. The van der Waals surface area contributed by atoms with Crippen molar-refractivity contribution in [1.82, 2.24) is 4.57 Å². The Bertz CT molecular complexity index is 929. The molecule has 21 heavy (non-hydrogen) atoms. The lowest BCUT2D eigenvalue weighted by atomic mass is 10.2. The molecule has 0 N–H and O–H groups in total. The van der Waals surface area contributed by atoms with Gasteiger partial charge in [0.2, 0.25) is 10.9 Å². The molecular weight excluding hydrogens is 325 g/mol. The van der Waals surface area contributed by atoms with Crippen molar-refractivity contribution in [3.63, 3.8) is 0 Å². The number of rotatable bonds is 3. The minimum Gasteiger partial charge on any atom is -0.465 e. The van der Waals surface area contributed by atoms with E-state index in [1.807, 2.05) is 0 Å². The summed E-state index contributed by atoms with van der Waals surface area (Å²) < 4.78 is 5.07. The largest absolute Gasteiger partial charge is 0.465 e. The number of aromatic nitrogens is 1. The lowest BCUT2D eigenvalue weighted by Gasteiger charge is -2.00. The quantitative estimate of drug-likeness (QED) is 0.696. The predicted molar refractivity (Wildman–Crippen MR) is 73.8 cm³/mol. The summed E-state index contributed by atoms with van der Waals surface area (Å²) in [6, 6.07) is 0. The summed E-state index contributed by atoms with van der Waals surface area (Å²) >= 11 is 11.1. The lowest BCUT2D eigenvalue weighted by molar-refractivity contribution is -0.143. The molecule has 0 aromatic rings. The van der Waals surface area contributed by atoms with E-state index in [1.54, 1.807) is 6.92 Å². The molecule has 0 unspecified atom stereocenters. The number of hydrogen-bond donors (Lipinski definition) is 0. The van der Waals surface area contributed by atoms with Crippen LogP contribution in [0.15, 0.2) is 19.2 Å². The first-order valence-electron chi connectivity index (χ1n) is 5.72. The zero-order valence-electron chi connectivity index (χ0n) is 10.6. The highest BCUT2D eigenvalue weighted by atomic mass is 35.5. The van der Waals surface area contributed by atoms with Crippen molar-refractivity contribution in [1.29, 1.82) is 0 Å². The molecule has 2 aliphatic rings. The van der Waals surface area contributed by atoms with E-state index in [2.05, 4.69) is 4.74 Å². The Balaban J connectivity index is 2.91. The number of carbonyl (C=O) groups excluding carboxylic acids is 1. The van der Waals surface area contributed by atoms with Crippen molar-refractivity contribution in [3.8, 4) is 0 Å². The third kappa shape index (κ3) is 2.28. The second-order valence-electron chi connectivity index (χ2n) is 4.04. The number of carbonyl (C=O) groups is 1. The van der Waals surface area contributed by atoms with Crippen LogP contribution in [0.5, 0.6) is 0 Å². The smallest absolute Gasteiger partial charge is 0.326 e. The minimum atomic E-state index is -1.07. The van der Waals surface area contributed by atoms with Crippen LogP contribution < -0.4 is 22.0 Å². The van der Waals surface area contributed by atoms with Crippen molar-refractivity contribution >= 4 is 29.2 Å². The molecule has 0 fully saturated rings. The molecule has 0 bridgehead atoms. The fourth-order valence-corrected chi connectivity index (χ4v) is 2.26. The van der Waals surface area contributed by atoms with Gasteiger partial charge in [-0.1, -0.05) is 23.2 Å². The van der Waals surface area contributed by atoms with Gasteiger partial charge < -0.3 is 4.74 Å². The van der Waals surface area contributed by atoms with E-state index in [9.17, 15) is 24.0 Å². The average Bonchev–Trinajstić information content (AvgIpc) is 2.68. The van der Waals surface area contributed by atoms with Gasteiger partial charge in [0.25, 0.3) is 11.1 Å². The lowest BCUT2D eigenvalue weighted by Crippen LogP contribution is -2.32. The van der Waals surface area contributed by atoms with Crippen molar-refractivity contribution in [2.24, 2.45) is 0 Å². The molecule has 0 amide bonds. The van der Waals surface area contributed by atoms with Crippen LogP contribution in [0.2, 0.25) is 10.0 Å². The third-order valence-electron chi connectivity index (χ3n) is 2.81. The van der Waals surface area contributed by atoms with Crippen LogP contribution in [0.25, 0.3) is 0 Å². The van der Waals surface area contributed by atoms with Gasteiger partial charge in [-0.25, -0.2) is 0 Å². The van der Waals surface area contributed by atoms with Gasteiger partial charge in [0.1, 0.15) is 27.0 Å². The summed E-state index contributed by atoms with van der Waals surface area (Å²) in [6.45, 7) is 0.902. The molecule has 1 aliphatic heterocycles. The zero-order valence-corrected chi connectivity index (χ0v) is 12.1. The number of hydrogen-bond acceptors (Lipinski definition) is 6. The molecule has 110 valence electrons. The van der Waals surface area contributed by atoms with Gasteiger partial charge >= 0.3 is 5.97 Å². The maximum atomic E-state index is 12.0. The van der Waals surface area contributed by atoms with E-state index in [-0.39, 0.29) is 6.61 Å². The molecule has 0 saturated heterocycles. The van der Waals surface area contributed by atoms with Gasteiger partial charge in [-0.2, -0.15) is 0 Å². The van der Waals surface area contributed by atoms with Crippen LogP contribution in [0.3, 0.4) is 0 Å². The van der Waals surface area contributed by atoms with Crippen LogP contribution in [0, 0.1) is 10.4 Å². The molecule has 9 heteroatoms. The summed E-state index contributed by atoms with van der Waals surface area (Å²) in [6.07, 6.45) is 0. The second-order valence-corrected chi connectivity index (χ2v) is 4.79. The second kappa shape index (κ2) is 5.42. The zero-order chi connectivity index (χ0) is 15.9. The van der Waals surface area contributed by atoms with Gasteiger partial charge in [-0.15, -0.1) is 0 Å². The van der Waals surface area contributed by atoms with Gasteiger partial charge in [0.05, 0.1) is 6.61 Å². The Labute approximate surface area is 125 Å². The fourth-order valence-electron chi connectivity index (χ4n) is 1.90. The van der Waals surface area contributed by atoms with Crippen LogP contribution in [-0.2, 0) is 16.1 Å². The molecule has 0 aromatic heterocycles. The first-order chi connectivity index (χ1) is 9.81. The highest BCUT2D eigenvalue weighted by Crippen LogP contribution is 2.11.